The molecule has 1 aliphatic heterocycles. The number of aromatic nitrogens is 5. The third kappa shape index (κ3) is 4.26. The van der Waals surface area contributed by atoms with Crippen molar-refractivity contribution in [3.8, 4) is 0 Å². The van der Waals surface area contributed by atoms with Crippen LogP contribution in [-0.2, 0) is 6.18 Å². The van der Waals surface area contributed by atoms with Crippen LogP contribution in [0.3, 0.4) is 0 Å². The fraction of sp³-hybridized carbons (Fsp3) is 0.273. The zero-order valence-electron chi connectivity index (χ0n) is 18.2. The fourth-order valence-corrected chi connectivity index (χ4v) is 3.87. The lowest BCUT2D eigenvalue weighted by atomic mass is 10.1. The van der Waals surface area contributed by atoms with Crippen LogP contribution in [0, 0.1) is 6.92 Å². The van der Waals surface area contributed by atoms with Crippen molar-refractivity contribution in [3.63, 3.8) is 0 Å². The third-order valence-electron chi connectivity index (χ3n) is 5.62. The summed E-state index contributed by atoms with van der Waals surface area (Å²) < 4.78 is 40.8. The summed E-state index contributed by atoms with van der Waals surface area (Å²) in [5.74, 6) is 1.26. The van der Waals surface area contributed by atoms with Crippen molar-refractivity contribution in [2.75, 3.05) is 36.4 Å². The van der Waals surface area contributed by atoms with Crippen LogP contribution in [0.1, 0.15) is 21.6 Å². The lowest BCUT2D eigenvalue weighted by Gasteiger charge is -2.35. The van der Waals surface area contributed by atoms with Crippen LogP contribution in [0.5, 0.6) is 0 Å². The van der Waals surface area contributed by atoms with Crippen LogP contribution >= 0.6 is 0 Å². The molecule has 34 heavy (non-hydrogen) atoms. The van der Waals surface area contributed by atoms with Crippen molar-refractivity contribution in [2.45, 2.75) is 13.1 Å². The predicted octanol–water partition coefficient (Wildman–Crippen LogP) is 3.49. The number of amides is 1. The first-order valence-electron chi connectivity index (χ1n) is 10.6. The van der Waals surface area contributed by atoms with Crippen LogP contribution in [0.2, 0.25) is 0 Å². The highest BCUT2D eigenvalue weighted by atomic mass is 19.4. The highest BCUT2D eigenvalue weighted by molar-refractivity contribution is 5.94. The van der Waals surface area contributed by atoms with Crippen molar-refractivity contribution < 1.29 is 18.0 Å². The van der Waals surface area contributed by atoms with E-state index in [1.54, 1.807) is 9.42 Å². The number of hydrogen-bond acceptors (Lipinski definition) is 6. The number of carbonyl (C=O) groups is 1. The Morgan fingerprint density at radius 2 is 1.88 bits per heavy atom. The standard InChI is InChI=1S/C22H21F3N8O/c1-14-12-18(29-28-14)26-19-17-6-3-7-33(17)30-21(27-19)32-10-8-31(9-11-32)20(34)15-4-2-5-16(13-15)22(23,24)25/h2-7,12-13H,8-11H2,1H3,(H2,26,27,28,29,30). The lowest BCUT2D eigenvalue weighted by Crippen LogP contribution is -2.49. The van der Waals surface area contributed by atoms with Gasteiger partial charge in [-0.25, -0.2) is 4.52 Å². The number of aromatic amines is 1. The Balaban J connectivity index is 1.32. The van der Waals surface area contributed by atoms with E-state index in [1.165, 1.54) is 12.1 Å². The van der Waals surface area contributed by atoms with Gasteiger partial charge in [-0.2, -0.15) is 23.3 Å². The highest BCUT2D eigenvalue weighted by Gasteiger charge is 2.32. The SMILES string of the molecule is Cc1cc(Nc2nc(N3CCN(C(=O)c4cccc(C(F)(F)F)c4)CC3)nn3cccc23)n[nH]1. The summed E-state index contributed by atoms with van der Waals surface area (Å²) in [4.78, 5) is 21.0. The zero-order chi connectivity index (χ0) is 23.9. The van der Waals surface area contributed by atoms with E-state index in [-0.39, 0.29) is 5.56 Å². The molecule has 0 bridgehead atoms. The van der Waals surface area contributed by atoms with Gasteiger partial charge in [-0.3, -0.25) is 9.89 Å². The van der Waals surface area contributed by atoms with Gasteiger partial charge in [-0.05, 0) is 37.3 Å². The van der Waals surface area contributed by atoms with Gasteiger partial charge in [-0.15, -0.1) is 5.10 Å². The van der Waals surface area contributed by atoms with E-state index in [0.717, 1.165) is 23.3 Å². The molecule has 0 atom stereocenters. The molecule has 1 aromatic carbocycles. The second kappa shape index (κ2) is 8.36. The van der Waals surface area contributed by atoms with Crippen molar-refractivity contribution in [2.24, 2.45) is 0 Å². The quantitative estimate of drug-likeness (QED) is 0.474. The zero-order valence-corrected chi connectivity index (χ0v) is 18.2. The van der Waals surface area contributed by atoms with E-state index in [4.69, 9.17) is 0 Å². The van der Waals surface area contributed by atoms with Gasteiger partial charge in [0.1, 0.15) is 5.52 Å². The molecule has 5 rings (SSSR count). The molecule has 1 saturated heterocycles. The van der Waals surface area contributed by atoms with Gasteiger partial charge in [0.05, 0.1) is 5.56 Å². The van der Waals surface area contributed by atoms with E-state index in [0.29, 0.717) is 43.8 Å². The number of anilines is 3. The summed E-state index contributed by atoms with van der Waals surface area (Å²) in [6.07, 6.45) is -2.68. The molecule has 2 N–H and O–H groups in total. The first kappa shape index (κ1) is 21.7. The number of alkyl halides is 3. The van der Waals surface area contributed by atoms with Crippen molar-refractivity contribution in [1.82, 2.24) is 29.7 Å². The molecule has 0 saturated carbocycles. The highest BCUT2D eigenvalue weighted by Crippen LogP contribution is 2.30. The van der Waals surface area contributed by atoms with Crippen LogP contribution < -0.4 is 10.2 Å². The Kier molecular flexibility index (Phi) is 5.34. The molecule has 1 amide bonds. The van der Waals surface area contributed by atoms with Crippen molar-refractivity contribution >= 4 is 29.0 Å². The maximum atomic E-state index is 13.0. The summed E-state index contributed by atoms with van der Waals surface area (Å²) in [7, 11) is 0. The number of nitrogens with zero attached hydrogens (tertiary/aromatic N) is 6. The normalized spacial score (nSPS) is 14.6. The number of piperazine rings is 1. The van der Waals surface area contributed by atoms with Gasteiger partial charge in [0.25, 0.3) is 5.91 Å². The van der Waals surface area contributed by atoms with Crippen molar-refractivity contribution in [3.05, 3.63) is 65.5 Å². The van der Waals surface area contributed by atoms with Gasteiger partial charge >= 0.3 is 6.18 Å². The van der Waals surface area contributed by atoms with E-state index in [2.05, 4.69) is 25.6 Å². The molecule has 4 heterocycles. The average molecular weight is 470 g/mol. The van der Waals surface area contributed by atoms with Crippen LogP contribution in [0.4, 0.5) is 30.8 Å². The first-order chi connectivity index (χ1) is 16.3. The topological polar surface area (TPSA) is 94.5 Å². The van der Waals surface area contributed by atoms with Crippen LogP contribution in [0.25, 0.3) is 5.52 Å². The largest absolute Gasteiger partial charge is 0.416 e. The first-order valence-corrected chi connectivity index (χ1v) is 10.6. The Bertz CT molecular complexity index is 1340. The number of hydrogen-bond donors (Lipinski definition) is 2. The minimum atomic E-state index is -4.50. The van der Waals surface area contributed by atoms with E-state index in [1.807, 2.05) is 36.2 Å². The van der Waals surface area contributed by atoms with Gasteiger partial charge in [0.2, 0.25) is 5.95 Å². The van der Waals surface area contributed by atoms with E-state index >= 15 is 0 Å². The van der Waals surface area contributed by atoms with Crippen LogP contribution in [0.15, 0.2) is 48.7 Å². The number of rotatable bonds is 4. The maximum Gasteiger partial charge on any atom is 0.416 e. The molecule has 3 aromatic heterocycles. The smallest absolute Gasteiger partial charge is 0.336 e. The average Bonchev–Trinajstić information content (AvgIpc) is 3.47. The molecule has 4 aromatic rings. The number of fused-ring (bicyclic) bond motifs is 1. The molecule has 0 aliphatic carbocycles. The van der Waals surface area contributed by atoms with Gasteiger partial charge in [0, 0.05) is 49.7 Å². The number of carbonyl (C=O) groups excluding carboxylic acids is 1. The summed E-state index contributed by atoms with van der Waals surface area (Å²) >= 11 is 0. The number of benzene rings is 1. The van der Waals surface area contributed by atoms with Crippen molar-refractivity contribution in [1.29, 1.82) is 0 Å². The minimum absolute atomic E-state index is 0.0223. The Morgan fingerprint density at radius 3 is 2.59 bits per heavy atom. The minimum Gasteiger partial charge on any atom is -0.336 e. The monoisotopic (exact) mass is 470 g/mol. The van der Waals surface area contributed by atoms with Gasteiger partial charge in [-0.1, -0.05) is 6.07 Å². The van der Waals surface area contributed by atoms with E-state index in [9.17, 15) is 18.0 Å². The molecule has 0 spiro atoms. The number of halogens is 3. The van der Waals surface area contributed by atoms with E-state index < -0.39 is 17.6 Å². The summed E-state index contributed by atoms with van der Waals surface area (Å²) in [6, 6.07) is 10.1. The summed E-state index contributed by atoms with van der Waals surface area (Å²) in [5.41, 5.74) is 0.874. The molecule has 1 fully saturated rings. The second-order valence-electron chi connectivity index (χ2n) is 8.02. The Hall–Kier alpha value is -4.09. The molecule has 0 radical (unpaired) electrons. The number of aryl methyl sites for hydroxylation is 1. The maximum absolute atomic E-state index is 13.0. The third-order valence-corrected chi connectivity index (χ3v) is 5.62. The fourth-order valence-electron chi connectivity index (χ4n) is 3.87. The summed E-state index contributed by atoms with van der Waals surface area (Å²) in [6.45, 7) is 3.46. The molecular weight excluding hydrogens is 449 g/mol. The molecule has 12 heteroatoms. The van der Waals surface area contributed by atoms with Gasteiger partial charge in [0.15, 0.2) is 11.6 Å². The molecule has 1 aliphatic rings. The second-order valence-corrected chi connectivity index (χ2v) is 8.02. The van der Waals surface area contributed by atoms with Gasteiger partial charge < -0.3 is 15.1 Å². The Morgan fingerprint density at radius 1 is 1.09 bits per heavy atom. The number of H-pyrrole nitrogens is 1. The molecule has 9 nitrogen and oxygen atoms in total. The Labute approximate surface area is 192 Å². The molecular formula is C22H21F3N8O. The van der Waals surface area contributed by atoms with Crippen LogP contribution in [-0.4, -0.2) is 61.8 Å². The summed E-state index contributed by atoms with van der Waals surface area (Å²) in [5, 5.41) is 14.8. The predicted molar refractivity (Wildman–Crippen MR) is 119 cm³/mol. The molecule has 0 unspecified atom stereocenters. The lowest BCUT2D eigenvalue weighted by molar-refractivity contribution is -0.137. The number of nitrogens with one attached hydrogen (secondary N) is 2. The molecule has 176 valence electrons.